The highest BCUT2D eigenvalue weighted by Crippen LogP contribution is 1.96. The Morgan fingerprint density at radius 1 is 1.42 bits per heavy atom. The Bertz CT molecular complexity index is 165. The third kappa shape index (κ3) is 3.89. The molecule has 70 valence electrons. The molecule has 0 radical (unpaired) electrons. The summed E-state index contributed by atoms with van der Waals surface area (Å²) >= 11 is 0. The first-order valence-corrected chi connectivity index (χ1v) is 3.34. The molecule has 0 amide bonds. The zero-order valence-electron chi connectivity index (χ0n) is 6.77. The van der Waals surface area contributed by atoms with Crippen LogP contribution in [-0.2, 0) is 24.3 Å². The minimum absolute atomic E-state index is 0.305. The van der Waals surface area contributed by atoms with Crippen LogP contribution in [0.4, 0.5) is 0 Å². The lowest BCUT2D eigenvalue weighted by atomic mass is 10.3. The van der Waals surface area contributed by atoms with Crippen molar-refractivity contribution in [2.24, 2.45) is 0 Å². The first-order chi connectivity index (χ1) is 5.61. The van der Waals surface area contributed by atoms with E-state index in [1.165, 1.54) is 0 Å². The molecule has 1 atom stereocenters. The third-order valence-corrected chi connectivity index (χ3v) is 1.11. The maximum absolute atomic E-state index is 10.4. The topological polar surface area (TPSA) is 82.1 Å². The summed E-state index contributed by atoms with van der Waals surface area (Å²) in [7, 11) is 0. The van der Waals surface area contributed by atoms with Gasteiger partial charge in [-0.05, 0) is 13.3 Å². The van der Waals surface area contributed by atoms with Crippen molar-refractivity contribution in [1.29, 1.82) is 0 Å². The molecule has 0 fully saturated rings. The van der Waals surface area contributed by atoms with Crippen LogP contribution in [0.1, 0.15) is 20.3 Å². The fourth-order valence-corrected chi connectivity index (χ4v) is 0.265. The second kappa shape index (κ2) is 5.50. The van der Waals surface area contributed by atoms with Crippen molar-refractivity contribution in [3.05, 3.63) is 0 Å². The highest BCUT2D eigenvalue weighted by molar-refractivity contribution is 6.29. The van der Waals surface area contributed by atoms with E-state index in [0.717, 1.165) is 0 Å². The van der Waals surface area contributed by atoms with E-state index >= 15 is 0 Å². The SMILES string of the molecule is CCC(C)OOC(=O)C(=O)OO. The molecule has 0 saturated heterocycles. The molecule has 0 saturated carbocycles. The molecule has 0 aliphatic rings. The standard InChI is InChI=1S/C6H10O6/c1-3-4(2)11-12-6(8)5(7)10-9/h4,9H,3H2,1-2H3. The van der Waals surface area contributed by atoms with Gasteiger partial charge in [-0.15, -0.1) is 0 Å². The summed E-state index contributed by atoms with van der Waals surface area (Å²) in [6, 6.07) is 0. The van der Waals surface area contributed by atoms with Crippen LogP contribution in [0.25, 0.3) is 0 Å². The largest absolute Gasteiger partial charge is 0.453 e. The molecule has 1 N–H and O–H groups in total. The van der Waals surface area contributed by atoms with Crippen molar-refractivity contribution >= 4 is 11.9 Å². The average Bonchev–Trinajstić information content (AvgIpc) is 2.11. The van der Waals surface area contributed by atoms with Crippen LogP contribution >= 0.6 is 0 Å². The van der Waals surface area contributed by atoms with Gasteiger partial charge in [0.05, 0.1) is 0 Å². The van der Waals surface area contributed by atoms with E-state index in [-0.39, 0.29) is 6.10 Å². The van der Waals surface area contributed by atoms with Crippen molar-refractivity contribution in [1.82, 2.24) is 0 Å². The summed E-state index contributed by atoms with van der Waals surface area (Å²) in [5, 5.41) is 7.72. The molecule has 0 aliphatic carbocycles. The van der Waals surface area contributed by atoms with Crippen LogP contribution in [-0.4, -0.2) is 23.3 Å². The summed E-state index contributed by atoms with van der Waals surface area (Å²) in [5.74, 6) is -2.91. The van der Waals surface area contributed by atoms with Gasteiger partial charge in [0.15, 0.2) is 0 Å². The Hall–Kier alpha value is -1.14. The van der Waals surface area contributed by atoms with Crippen LogP contribution < -0.4 is 0 Å². The monoisotopic (exact) mass is 178 g/mol. The molecule has 0 aromatic carbocycles. The van der Waals surface area contributed by atoms with Gasteiger partial charge in [0.25, 0.3) is 0 Å². The molecule has 0 rings (SSSR count). The molecule has 12 heavy (non-hydrogen) atoms. The Labute approximate surface area is 68.9 Å². The normalized spacial score (nSPS) is 11.9. The van der Waals surface area contributed by atoms with Gasteiger partial charge in [0.1, 0.15) is 6.10 Å². The van der Waals surface area contributed by atoms with Crippen molar-refractivity contribution < 1.29 is 29.5 Å². The predicted molar refractivity (Wildman–Crippen MR) is 35.7 cm³/mol. The fraction of sp³-hybridized carbons (Fsp3) is 0.667. The van der Waals surface area contributed by atoms with Crippen molar-refractivity contribution in [2.75, 3.05) is 0 Å². The van der Waals surface area contributed by atoms with E-state index in [0.29, 0.717) is 6.42 Å². The molecule has 1 unspecified atom stereocenters. The van der Waals surface area contributed by atoms with Gasteiger partial charge < -0.3 is 0 Å². The van der Waals surface area contributed by atoms with Crippen LogP contribution in [0.3, 0.4) is 0 Å². The van der Waals surface area contributed by atoms with Gasteiger partial charge in [-0.25, -0.2) is 9.59 Å². The smallest absolute Gasteiger partial charge is 0.288 e. The first kappa shape index (κ1) is 10.9. The van der Waals surface area contributed by atoms with Crippen molar-refractivity contribution in [3.63, 3.8) is 0 Å². The maximum atomic E-state index is 10.4. The lowest BCUT2D eigenvalue weighted by Gasteiger charge is -2.06. The number of carbonyl (C=O) groups excluding carboxylic acids is 2. The van der Waals surface area contributed by atoms with E-state index in [9.17, 15) is 9.59 Å². The molecule has 0 bridgehead atoms. The Balaban J connectivity index is 3.64. The minimum atomic E-state index is -1.52. The molecular formula is C6H10O6. The first-order valence-electron chi connectivity index (χ1n) is 3.34. The van der Waals surface area contributed by atoms with E-state index < -0.39 is 11.9 Å². The molecule has 6 heteroatoms. The molecule has 0 aromatic heterocycles. The molecule has 6 nitrogen and oxygen atoms in total. The van der Waals surface area contributed by atoms with Gasteiger partial charge in [0, 0.05) is 0 Å². The van der Waals surface area contributed by atoms with Gasteiger partial charge in [-0.2, -0.15) is 10.1 Å². The highest BCUT2D eigenvalue weighted by atomic mass is 17.2. The lowest BCUT2D eigenvalue weighted by molar-refractivity contribution is -0.301. The van der Waals surface area contributed by atoms with E-state index in [1.807, 2.05) is 6.92 Å². The summed E-state index contributed by atoms with van der Waals surface area (Å²) in [5.41, 5.74) is 0. The zero-order chi connectivity index (χ0) is 9.56. The van der Waals surface area contributed by atoms with E-state index in [2.05, 4.69) is 14.7 Å². The Morgan fingerprint density at radius 2 is 2.00 bits per heavy atom. The summed E-state index contributed by atoms with van der Waals surface area (Å²) in [4.78, 5) is 32.1. The quantitative estimate of drug-likeness (QED) is 0.379. The summed E-state index contributed by atoms with van der Waals surface area (Å²) in [6.45, 7) is 3.46. The van der Waals surface area contributed by atoms with Crippen LogP contribution in [0.15, 0.2) is 0 Å². The average molecular weight is 178 g/mol. The predicted octanol–water partition coefficient (Wildman–Crippen LogP) is 0.276. The van der Waals surface area contributed by atoms with Crippen LogP contribution in [0.5, 0.6) is 0 Å². The third-order valence-electron chi connectivity index (χ3n) is 1.11. The molecule has 0 heterocycles. The number of hydrogen-bond donors (Lipinski definition) is 1. The van der Waals surface area contributed by atoms with Crippen LogP contribution in [0, 0.1) is 0 Å². The van der Waals surface area contributed by atoms with Gasteiger partial charge in [0.2, 0.25) is 0 Å². The second-order valence-corrected chi connectivity index (χ2v) is 2.06. The fourth-order valence-electron chi connectivity index (χ4n) is 0.265. The minimum Gasteiger partial charge on any atom is -0.288 e. The van der Waals surface area contributed by atoms with Crippen molar-refractivity contribution in [3.8, 4) is 0 Å². The summed E-state index contributed by atoms with van der Waals surface area (Å²) < 4.78 is 0. The highest BCUT2D eigenvalue weighted by Gasteiger charge is 2.19. The molecule has 0 aromatic rings. The zero-order valence-corrected chi connectivity index (χ0v) is 6.77. The lowest BCUT2D eigenvalue weighted by Crippen LogP contribution is -2.21. The van der Waals surface area contributed by atoms with Crippen LogP contribution in [0.2, 0.25) is 0 Å². The van der Waals surface area contributed by atoms with E-state index in [1.54, 1.807) is 6.92 Å². The number of carbonyl (C=O) groups is 2. The molecule has 0 aliphatic heterocycles. The second-order valence-electron chi connectivity index (χ2n) is 2.06. The van der Waals surface area contributed by atoms with E-state index in [4.69, 9.17) is 5.26 Å². The maximum Gasteiger partial charge on any atom is 0.453 e. The summed E-state index contributed by atoms with van der Waals surface area (Å²) in [6.07, 6.45) is 0.321. The van der Waals surface area contributed by atoms with Gasteiger partial charge in [-0.1, -0.05) is 6.92 Å². The van der Waals surface area contributed by atoms with Crippen molar-refractivity contribution in [2.45, 2.75) is 26.4 Å². The number of hydrogen-bond acceptors (Lipinski definition) is 6. The van der Waals surface area contributed by atoms with Gasteiger partial charge in [-0.3, -0.25) is 9.78 Å². The Morgan fingerprint density at radius 3 is 2.42 bits per heavy atom. The molecular weight excluding hydrogens is 168 g/mol. The number of rotatable bonds is 3. The Kier molecular flexibility index (Phi) is 4.98. The van der Waals surface area contributed by atoms with Gasteiger partial charge >= 0.3 is 11.9 Å². The molecule has 0 spiro atoms.